The van der Waals surface area contributed by atoms with E-state index < -0.39 is 12.1 Å². The number of rotatable bonds is 5. The van der Waals surface area contributed by atoms with E-state index in [9.17, 15) is 9.90 Å². The van der Waals surface area contributed by atoms with Crippen molar-refractivity contribution in [3.05, 3.63) is 0 Å². The number of hydrogen-bond acceptors (Lipinski definition) is 2. The monoisotopic (exact) mass is 178 g/mol. The predicted octanol–water partition coefficient (Wildman–Crippen LogP) is -2.55. The molecule has 5 heteroatoms. The Morgan fingerprint density at radius 3 is 2.33 bits per heavy atom. The van der Waals surface area contributed by atoms with Crippen LogP contribution in [0.25, 0.3) is 0 Å². The van der Waals surface area contributed by atoms with Crippen molar-refractivity contribution >= 4 is 5.97 Å². The average Bonchev–Trinajstić information content (AvgIpc) is 1.84. The minimum atomic E-state index is -0.876. The summed E-state index contributed by atoms with van der Waals surface area (Å²) in [6.07, 6.45) is -0.146. The summed E-state index contributed by atoms with van der Waals surface area (Å²) in [7, 11) is 0. The number of carboxylic acids is 1. The number of hydrogen-bond donors (Lipinski definition) is 4. The fraction of sp³-hybridized carbons (Fsp3) is 0.857. The summed E-state index contributed by atoms with van der Waals surface area (Å²) in [5.41, 5.74) is 7.28. The molecule has 0 aromatic carbocycles. The van der Waals surface area contributed by atoms with Gasteiger partial charge in [-0.25, -0.2) is 0 Å². The lowest BCUT2D eigenvalue weighted by atomic mass is 10.0. The Bertz CT molecular complexity index is 150. The zero-order valence-electron chi connectivity index (χ0n) is 7.36. The van der Waals surface area contributed by atoms with Crippen molar-refractivity contribution in [3.63, 3.8) is 0 Å². The lowest BCUT2D eigenvalue weighted by molar-refractivity contribution is -0.451. The number of aliphatic hydroxyl groups is 1. The summed E-state index contributed by atoms with van der Waals surface area (Å²) >= 11 is 0. The van der Waals surface area contributed by atoms with Gasteiger partial charge in [0.25, 0.3) is 0 Å². The van der Waals surface area contributed by atoms with E-state index in [0.717, 1.165) is 0 Å². The molecule has 0 saturated heterocycles. The van der Waals surface area contributed by atoms with Crippen molar-refractivity contribution in [2.24, 2.45) is 0 Å². The van der Waals surface area contributed by atoms with Crippen LogP contribution in [0.5, 0.6) is 0 Å². The molecule has 3 atom stereocenters. The molecular weight excluding hydrogens is 160 g/mol. The Kier molecular flexibility index (Phi) is 4.80. The van der Waals surface area contributed by atoms with E-state index in [4.69, 9.17) is 5.11 Å². The molecule has 0 fully saturated rings. The molecular formula is C7H18N2O3+2. The van der Waals surface area contributed by atoms with E-state index in [2.05, 4.69) is 11.5 Å². The summed E-state index contributed by atoms with van der Waals surface area (Å²) < 4.78 is 0. The summed E-state index contributed by atoms with van der Waals surface area (Å²) in [4.78, 5) is 10.2. The summed E-state index contributed by atoms with van der Waals surface area (Å²) in [5, 5.41) is 17.7. The third-order valence-electron chi connectivity index (χ3n) is 1.69. The van der Waals surface area contributed by atoms with E-state index in [0.29, 0.717) is 6.42 Å². The van der Waals surface area contributed by atoms with E-state index in [1.54, 1.807) is 6.92 Å². The molecule has 0 heterocycles. The molecule has 0 amide bonds. The smallest absolute Gasteiger partial charge is 0.309 e. The van der Waals surface area contributed by atoms with Gasteiger partial charge in [-0.1, -0.05) is 0 Å². The molecule has 0 radical (unpaired) electrons. The van der Waals surface area contributed by atoms with E-state index in [-0.39, 0.29) is 18.5 Å². The van der Waals surface area contributed by atoms with Crippen molar-refractivity contribution in [2.45, 2.75) is 38.0 Å². The third-order valence-corrected chi connectivity index (χ3v) is 1.69. The molecule has 0 rings (SSSR count). The minimum absolute atomic E-state index is 0.00375. The summed E-state index contributed by atoms with van der Waals surface area (Å²) in [6, 6.07) is -0.315. The van der Waals surface area contributed by atoms with Gasteiger partial charge in [0.05, 0.1) is 12.5 Å². The van der Waals surface area contributed by atoms with Crippen LogP contribution in [-0.2, 0) is 4.79 Å². The largest absolute Gasteiger partial charge is 0.481 e. The molecule has 5 nitrogen and oxygen atoms in total. The van der Waals surface area contributed by atoms with Crippen molar-refractivity contribution in [3.8, 4) is 0 Å². The second kappa shape index (κ2) is 5.08. The number of aliphatic hydroxyl groups excluding tert-OH is 1. The zero-order valence-corrected chi connectivity index (χ0v) is 7.36. The van der Waals surface area contributed by atoms with Crippen LogP contribution < -0.4 is 11.5 Å². The van der Waals surface area contributed by atoms with Crippen molar-refractivity contribution in [1.82, 2.24) is 0 Å². The molecule has 0 aliphatic carbocycles. The second-order valence-electron chi connectivity index (χ2n) is 3.24. The van der Waals surface area contributed by atoms with Crippen LogP contribution in [0.1, 0.15) is 19.8 Å². The zero-order chi connectivity index (χ0) is 9.72. The van der Waals surface area contributed by atoms with E-state index >= 15 is 0 Å². The quantitative estimate of drug-likeness (QED) is 0.372. The van der Waals surface area contributed by atoms with Crippen LogP contribution >= 0.6 is 0 Å². The van der Waals surface area contributed by atoms with Crippen LogP contribution in [0.3, 0.4) is 0 Å². The average molecular weight is 178 g/mol. The topological polar surface area (TPSA) is 113 Å². The molecule has 0 bridgehead atoms. The Labute approximate surface area is 71.4 Å². The lowest BCUT2D eigenvalue weighted by Gasteiger charge is -2.13. The lowest BCUT2D eigenvalue weighted by Crippen LogP contribution is -2.68. The van der Waals surface area contributed by atoms with E-state index in [1.807, 2.05) is 0 Å². The molecule has 0 spiro atoms. The van der Waals surface area contributed by atoms with Crippen LogP contribution in [0.2, 0.25) is 0 Å². The molecule has 0 aromatic heterocycles. The van der Waals surface area contributed by atoms with Gasteiger partial charge in [0.15, 0.2) is 0 Å². The molecule has 72 valence electrons. The van der Waals surface area contributed by atoms with Crippen molar-refractivity contribution < 1.29 is 26.5 Å². The first-order chi connectivity index (χ1) is 5.43. The van der Waals surface area contributed by atoms with Gasteiger partial charge in [0.1, 0.15) is 12.1 Å². The third kappa shape index (κ3) is 5.06. The van der Waals surface area contributed by atoms with Gasteiger partial charge in [-0.3, -0.25) is 4.79 Å². The maximum Gasteiger partial charge on any atom is 0.309 e. The molecule has 0 saturated carbocycles. The minimum Gasteiger partial charge on any atom is -0.481 e. The van der Waals surface area contributed by atoms with Gasteiger partial charge in [-0.2, -0.15) is 0 Å². The highest BCUT2D eigenvalue weighted by atomic mass is 16.4. The molecule has 0 aliphatic heterocycles. The van der Waals surface area contributed by atoms with Crippen molar-refractivity contribution in [1.29, 1.82) is 0 Å². The normalized spacial score (nSPS) is 18.3. The molecule has 0 aromatic rings. The Balaban J connectivity index is 3.68. The van der Waals surface area contributed by atoms with Crippen molar-refractivity contribution in [2.75, 3.05) is 0 Å². The first-order valence-corrected chi connectivity index (χ1v) is 3.99. The number of quaternary nitrogens is 2. The van der Waals surface area contributed by atoms with Crippen LogP contribution in [-0.4, -0.2) is 34.4 Å². The summed E-state index contributed by atoms with van der Waals surface area (Å²) in [5.74, 6) is -0.876. The fourth-order valence-electron chi connectivity index (χ4n) is 0.904. The molecule has 0 unspecified atom stereocenters. The van der Waals surface area contributed by atoms with Gasteiger partial charge in [-0.05, 0) is 6.92 Å². The summed E-state index contributed by atoms with van der Waals surface area (Å²) in [6.45, 7) is 1.79. The highest BCUT2D eigenvalue weighted by molar-refractivity contribution is 5.67. The number of aliphatic carboxylic acids is 1. The molecule has 12 heavy (non-hydrogen) atoms. The van der Waals surface area contributed by atoms with Gasteiger partial charge in [-0.15, -0.1) is 0 Å². The Hall–Kier alpha value is -0.650. The highest BCUT2D eigenvalue weighted by Crippen LogP contribution is 2.00. The number of carboxylic acid groups (broad SMARTS) is 1. The standard InChI is InChI=1S/C7H16N2O3/c1-4(8)6(10)2-5(9)3-7(11)12/h4-6,10H,2-3,8-9H2,1H3,(H,11,12)/p+2/t4-,5-,6-/m1/s1. The van der Waals surface area contributed by atoms with Gasteiger partial charge in [0, 0.05) is 6.42 Å². The number of carbonyl (C=O) groups is 1. The van der Waals surface area contributed by atoms with Gasteiger partial charge in [0.2, 0.25) is 0 Å². The van der Waals surface area contributed by atoms with Gasteiger partial charge < -0.3 is 21.7 Å². The molecule has 8 N–H and O–H groups in total. The fourth-order valence-corrected chi connectivity index (χ4v) is 0.904. The Morgan fingerprint density at radius 2 is 2.00 bits per heavy atom. The first-order valence-electron chi connectivity index (χ1n) is 3.99. The highest BCUT2D eigenvalue weighted by Gasteiger charge is 2.20. The van der Waals surface area contributed by atoms with E-state index in [1.165, 1.54) is 0 Å². The first kappa shape index (κ1) is 11.4. The van der Waals surface area contributed by atoms with Crippen LogP contribution in [0, 0.1) is 0 Å². The van der Waals surface area contributed by atoms with Gasteiger partial charge >= 0.3 is 5.97 Å². The maximum absolute atomic E-state index is 10.2. The molecule has 0 aliphatic rings. The SMILES string of the molecule is C[C@@H]([NH3+])[C@H](O)C[C@@H]([NH3+])CC(=O)O. The Morgan fingerprint density at radius 1 is 1.50 bits per heavy atom. The van der Waals surface area contributed by atoms with Crippen LogP contribution in [0.4, 0.5) is 0 Å². The second-order valence-corrected chi connectivity index (χ2v) is 3.24. The maximum atomic E-state index is 10.2. The predicted molar refractivity (Wildman–Crippen MR) is 41.9 cm³/mol. The van der Waals surface area contributed by atoms with Crippen LogP contribution in [0.15, 0.2) is 0 Å².